The topological polar surface area (TPSA) is 62.6 Å². The second-order valence-corrected chi connectivity index (χ2v) is 9.63. The highest BCUT2D eigenvalue weighted by Crippen LogP contribution is 2.35. The molecule has 6 nitrogen and oxygen atoms in total. The predicted molar refractivity (Wildman–Crippen MR) is 138 cm³/mol. The van der Waals surface area contributed by atoms with Crippen molar-refractivity contribution in [3.8, 4) is 6.07 Å². The number of likely N-dealkylation sites (tertiary alicyclic amines) is 1. The second kappa shape index (κ2) is 11.4. The minimum atomic E-state index is -0.459. The summed E-state index contributed by atoms with van der Waals surface area (Å²) in [6, 6.07) is 21.1. The molecule has 2 fully saturated rings. The Morgan fingerprint density at radius 2 is 1.62 bits per heavy atom. The average molecular weight is 460 g/mol. The fourth-order valence-electron chi connectivity index (χ4n) is 5.09. The molecule has 4 rings (SSSR count). The summed E-state index contributed by atoms with van der Waals surface area (Å²) in [4.78, 5) is 19.5. The van der Waals surface area contributed by atoms with Crippen LogP contribution < -0.4 is 10.2 Å². The van der Waals surface area contributed by atoms with Crippen molar-refractivity contribution < 1.29 is 4.79 Å². The normalized spacial score (nSPS) is 18.4. The number of carbonyl (C=O) groups is 1. The van der Waals surface area contributed by atoms with Crippen molar-refractivity contribution in [1.29, 1.82) is 5.26 Å². The van der Waals surface area contributed by atoms with E-state index in [1.807, 2.05) is 35.2 Å². The maximum atomic E-state index is 12.8. The number of carbonyl (C=O) groups excluding carboxylic acids is 1. The lowest BCUT2D eigenvalue weighted by atomic mass is 9.74. The number of piperazine rings is 1. The molecule has 1 amide bonds. The molecule has 2 aromatic rings. The average Bonchev–Trinajstić information content (AvgIpc) is 2.90. The summed E-state index contributed by atoms with van der Waals surface area (Å²) in [5, 5.41) is 13.5. The quantitative estimate of drug-likeness (QED) is 0.602. The maximum Gasteiger partial charge on any atom is 0.222 e. The Hall–Kier alpha value is -3.04. The molecule has 0 unspecified atom stereocenters. The van der Waals surface area contributed by atoms with Crippen molar-refractivity contribution in [2.24, 2.45) is 0 Å². The van der Waals surface area contributed by atoms with Gasteiger partial charge in [-0.2, -0.15) is 5.26 Å². The van der Waals surface area contributed by atoms with E-state index in [0.717, 1.165) is 51.1 Å². The van der Waals surface area contributed by atoms with Gasteiger partial charge in [-0.15, -0.1) is 0 Å². The van der Waals surface area contributed by atoms with E-state index in [9.17, 15) is 10.1 Å². The summed E-state index contributed by atoms with van der Waals surface area (Å²) < 4.78 is 0. The van der Waals surface area contributed by atoms with Crippen molar-refractivity contribution in [3.63, 3.8) is 0 Å². The second-order valence-electron chi connectivity index (χ2n) is 9.63. The summed E-state index contributed by atoms with van der Waals surface area (Å²) in [5.41, 5.74) is 3.08. The van der Waals surface area contributed by atoms with Crippen LogP contribution in [0, 0.1) is 11.3 Å². The molecule has 2 heterocycles. The van der Waals surface area contributed by atoms with E-state index in [2.05, 4.69) is 52.5 Å². The van der Waals surface area contributed by atoms with E-state index in [0.29, 0.717) is 32.4 Å². The fraction of sp³-hybridized carbons (Fsp3) is 0.500. The van der Waals surface area contributed by atoms with Gasteiger partial charge >= 0.3 is 0 Å². The van der Waals surface area contributed by atoms with Crippen molar-refractivity contribution in [3.05, 3.63) is 60.2 Å². The van der Waals surface area contributed by atoms with Crippen LogP contribution in [-0.2, 0) is 10.2 Å². The third-order valence-electron chi connectivity index (χ3n) is 7.39. The van der Waals surface area contributed by atoms with Crippen LogP contribution in [0.5, 0.6) is 0 Å². The molecule has 0 aromatic heterocycles. The zero-order valence-electron chi connectivity index (χ0n) is 20.4. The number of benzene rings is 2. The first kappa shape index (κ1) is 24.1. The lowest BCUT2D eigenvalue weighted by molar-refractivity contribution is -0.132. The predicted octanol–water partition coefficient (Wildman–Crippen LogP) is 4.10. The number of likely N-dealkylation sites (N-methyl/N-ethyl adjacent to an activating group) is 1. The van der Waals surface area contributed by atoms with Crippen molar-refractivity contribution in [1.82, 2.24) is 9.80 Å². The van der Waals surface area contributed by atoms with Crippen molar-refractivity contribution in [2.75, 3.05) is 63.1 Å². The molecular weight excluding hydrogens is 422 g/mol. The van der Waals surface area contributed by atoms with Crippen LogP contribution in [0.1, 0.15) is 37.7 Å². The van der Waals surface area contributed by atoms with E-state index in [1.54, 1.807) is 0 Å². The van der Waals surface area contributed by atoms with Gasteiger partial charge in [-0.1, -0.05) is 42.5 Å². The number of anilines is 2. The van der Waals surface area contributed by atoms with Gasteiger partial charge in [0, 0.05) is 52.2 Å². The van der Waals surface area contributed by atoms with Gasteiger partial charge in [-0.05, 0) is 50.4 Å². The third kappa shape index (κ3) is 5.71. The molecule has 6 heteroatoms. The molecule has 0 radical (unpaired) electrons. The van der Waals surface area contributed by atoms with E-state index in [4.69, 9.17) is 0 Å². The van der Waals surface area contributed by atoms with Crippen LogP contribution in [0.4, 0.5) is 11.4 Å². The monoisotopic (exact) mass is 459 g/mol. The first-order chi connectivity index (χ1) is 16.6. The zero-order chi connectivity index (χ0) is 23.8. The number of piperidine rings is 1. The maximum absolute atomic E-state index is 12.8. The molecule has 0 saturated carbocycles. The Kier molecular flexibility index (Phi) is 8.08. The minimum Gasteiger partial charge on any atom is -0.383 e. The van der Waals surface area contributed by atoms with Gasteiger partial charge in [-0.3, -0.25) is 4.79 Å². The first-order valence-corrected chi connectivity index (χ1v) is 12.6. The smallest absolute Gasteiger partial charge is 0.222 e. The molecule has 0 bridgehead atoms. The van der Waals surface area contributed by atoms with Gasteiger partial charge in [0.2, 0.25) is 5.91 Å². The Morgan fingerprint density at radius 3 is 2.32 bits per heavy atom. The van der Waals surface area contributed by atoms with Crippen LogP contribution in [0.2, 0.25) is 0 Å². The molecule has 0 aliphatic carbocycles. The van der Waals surface area contributed by atoms with Crippen LogP contribution in [0.15, 0.2) is 54.6 Å². The van der Waals surface area contributed by atoms with Gasteiger partial charge in [0.25, 0.3) is 0 Å². The Labute approximate surface area is 204 Å². The summed E-state index contributed by atoms with van der Waals surface area (Å²) >= 11 is 0. The first-order valence-electron chi connectivity index (χ1n) is 12.6. The van der Waals surface area contributed by atoms with E-state index < -0.39 is 5.41 Å². The molecule has 180 valence electrons. The molecule has 2 aromatic carbocycles. The van der Waals surface area contributed by atoms with Crippen LogP contribution in [0.25, 0.3) is 0 Å². The van der Waals surface area contributed by atoms with E-state index >= 15 is 0 Å². The number of para-hydroxylation sites is 2. The summed E-state index contributed by atoms with van der Waals surface area (Å²) in [5.74, 6) is 0.220. The molecule has 1 N–H and O–H groups in total. The molecule has 0 atom stereocenters. The van der Waals surface area contributed by atoms with Crippen LogP contribution >= 0.6 is 0 Å². The lowest BCUT2D eigenvalue weighted by Crippen LogP contribution is -2.44. The van der Waals surface area contributed by atoms with Crippen molar-refractivity contribution >= 4 is 17.3 Å². The highest BCUT2D eigenvalue weighted by Gasteiger charge is 2.37. The van der Waals surface area contributed by atoms with Gasteiger partial charge in [0.05, 0.1) is 22.9 Å². The van der Waals surface area contributed by atoms with E-state index in [-0.39, 0.29) is 5.91 Å². The molecule has 2 aliphatic rings. The number of rotatable bonds is 8. The molecule has 34 heavy (non-hydrogen) atoms. The number of hydrogen-bond acceptors (Lipinski definition) is 5. The Bertz CT molecular complexity index is 970. The fourth-order valence-corrected chi connectivity index (χ4v) is 5.09. The van der Waals surface area contributed by atoms with Crippen molar-refractivity contribution in [2.45, 2.75) is 37.5 Å². The third-order valence-corrected chi connectivity index (χ3v) is 7.39. The lowest BCUT2D eigenvalue weighted by Gasteiger charge is -2.37. The number of hydrogen-bond donors (Lipinski definition) is 1. The molecular formula is C28H37N5O. The number of unbranched alkanes of at least 4 members (excludes halogenated alkanes) is 1. The van der Waals surface area contributed by atoms with Crippen LogP contribution in [-0.4, -0.2) is 68.6 Å². The van der Waals surface area contributed by atoms with Gasteiger partial charge in [0.1, 0.15) is 0 Å². The van der Waals surface area contributed by atoms with Gasteiger partial charge in [-0.25, -0.2) is 0 Å². The summed E-state index contributed by atoms with van der Waals surface area (Å²) in [6.07, 6.45) is 3.84. The largest absolute Gasteiger partial charge is 0.383 e. The van der Waals surface area contributed by atoms with Gasteiger partial charge in [0.15, 0.2) is 0 Å². The number of nitrogens with zero attached hydrogens (tertiary/aromatic N) is 4. The molecule has 0 spiro atoms. The molecule has 2 aliphatic heterocycles. The SMILES string of the molecule is CN1CCN(c2ccccc2NCCCCC(=O)N2CCC(C#N)(c3ccccc3)CC2)CC1. The van der Waals surface area contributed by atoms with Gasteiger partial charge < -0.3 is 20.0 Å². The number of amides is 1. The zero-order valence-corrected chi connectivity index (χ0v) is 20.4. The highest BCUT2D eigenvalue weighted by molar-refractivity contribution is 5.76. The number of nitriles is 1. The number of nitrogens with one attached hydrogen (secondary N) is 1. The molecule has 2 saturated heterocycles. The standard InChI is InChI=1S/C28H37N5O/c1-31-19-21-32(22-20-31)26-12-6-5-11-25(26)30-16-8-7-13-27(34)33-17-14-28(23-29,15-18-33)24-9-3-2-4-10-24/h2-6,9-12,30H,7-8,13-22H2,1H3. The van der Waals surface area contributed by atoms with E-state index in [1.165, 1.54) is 11.4 Å². The summed E-state index contributed by atoms with van der Waals surface area (Å²) in [6.45, 7) is 6.48. The summed E-state index contributed by atoms with van der Waals surface area (Å²) in [7, 11) is 2.18. The minimum absolute atomic E-state index is 0.220. The Balaban J connectivity index is 1.19. The van der Waals surface area contributed by atoms with Crippen LogP contribution in [0.3, 0.4) is 0 Å². The highest BCUT2D eigenvalue weighted by atomic mass is 16.2. The Morgan fingerprint density at radius 1 is 0.941 bits per heavy atom.